The van der Waals surface area contributed by atoms with Gasteiger partial charge in [-0.1, -0.05) is 6.07 Å². The van der Waals surface area contributed by atoms with Crippen molar-refractivity contribution in [2.45, 2.75) is 0 Å². The molecule has 2 aromatic carbocycles. The van der Waals surface area contributed by atoms with Gasteiger partial charge in [-0.05, 0) is 37.4 Å². The van der Waals surface area contributed by atoms with Crippen molar-refractivity contribution >= 4 is 34.7 Å². The molecule has 0 radical (unpaired) electrons. The molecule has 4 rings (SSSR count). The van der Waals surface area contributed by atoms with Gasteiger partial charge in [0.1, 0.15) is 18.0 Å². The summed E-state index contributed by atoms with van der Waals surface area (Å²) >= 11 is 0. The standard InChI is InChI=1S/C24H29N7O3/c1-30-9-11-31(12-10-30)19-6-4-5-17(13-19)27-22-15-23(26-16-25-22)29-24(32)28-18-7-8-20(33-2)21(14-18)34-3/h4-8,13-16H,9-12H2,1-3H3,(H3,25,26,27,28,29,32). The van der Waals surface area contributed by atoms with Crippen molar-refractivity contribution in [3.8, 4) is 11.5 Å². The number of nitrogens with one attached hydrogen (secondary N) is 3. The summed E-state index contributed by atoms with van der Waals surface area (Å²) in [6.45, 7) is 4.08. The van der Waals surface area contributed by atoms with E-state index in [1.807, 2.05) is 12.1 Å². The Balaban J connectivity index is 1.39. The number of urea groups is 1. The fourth-order valence-corrected chi connectivity index (χ4v) is 3.68. The van der Waals surface area contributed by atoms with Gasteiger partial charge in [0.25, 0.3) is 0 Å². The molecule has 178 valence electrons. The normalized spacial score (nSPS) is 13.8. The summed E-state index contributed by atoms with van der Waals surface area (Å²) in [7, 11) is 5.24. The van der Waals surface area contributed by atoms with Crippen molar-refractivity contribution in [2.75, 3.05) is 68.3 Å². The number of likely N-dealkylation sites (N-methyl/N-ethyl adjacent to an activating group) is 1. The Morgan fingerprint density at radius 1 is 0.853 bits per heavy atom. The zero-order chi connectivity index (χ0) is 23.9. The number of benzene rings is 2. The molecule has 0 bridgehead atoms. The highest BCUT2D eigenvalue weighted by atomic mass is 16.5. The highest BCUT2D eigenvalue weighted by Gasteiger charge is 2.14. The average Bonchev–Trinajstić information content (AvgIpc) is 2.84. The third-order valence-corrected chi connectivity index (χ3v) is 5.54. The van der Waals surface area contributed by atoms with Crippen LogP contribution in [0.1, 0.15) is 0 Å². The van der Waals surface area contributed by atoms with Crippen LogP contribution >= 0.6 is 0 Å². The van der Waals surface area contributed by atoms with Gasteiger partial charge in [0.2, 0.25) is 0 Å². The SMILES string of the molecule is COc1ccc(NC(=O)Nc2cc(Nc3cccc(N4CCN(C)CC4)c3)ncn2)cc1OC. The number of piperazine rings is 1. The van der Waals surface area contributed by atoms with E-state index < -0.39 is 6.03 Å². The monoisotopic (exact) mass is 463 g/mol. The number of carbonyl (C=O) groups excluding carboxylic acids is 1. The predicted molar refractivity (Wildman–Crippen MR) is 134 cm³/mol. The van der Waals surface area contributed by atoms with E-state index in [-0.39, 0.29) is 0 Å². The first-order chi connectivity index (χ1) is 16.5. The van der Waals surface area contributed by atoms with E-state index in [4.69, 9.17) is 9.47 Å². The van der Waals surface area contributed by atoms with Crippen LogP contribution in [0.2, 0.25) is 0 Å². The van der Waals surface area contributed by atoms with Gasteiger partial charge in [-0.2, -0.15) is 0 Å². The minimum Gasteiger partial charge on any atom is -0.493 e. The summed E-state index contributed by atoms with van der Waals surface area (Å²) in [6, 6.07) is 14.6. The van der Waals surface area contributed by atoms with Gasteiger partial charge in [0.05, 0.1) is 14.2 Å². The molecule has 0 atom stereocenters. The van der Waals surface area contributed by atoms with Gasteiger partial charge in [-0.3, -0.25) is 5.32 Å². The number of ether oxygens (including phenoxy) is 2. The third-order valence-electron chi connectivity index (χ3n) is 5.54. The lowest BCUT2D eigenvalue weighted by Gasteiger charge is -2.34. The topological polar surface area (TPSA) is 104 Å². The molecule has 1 aliphatic rings. The van der Waals surface area contributed by atoms with Gasteiger partial charge in [-0.15, -0.1) is 0 Å². The molecule has 1 aromatic heterocycles. The highest BCUT2D eigenvalue weighted by Crippen LogP contribution is 2.30. The molecule has 10 heteroatoms. The highest BCUT2D eigenvalue weighted by molar-refractivity contribution is 5.99. The maximum atomic E-state index is 12.5. The average molecular weight is 464 g/mol. The molecule has 2 heterocycles. The molecule has 3 aromatic rings. The Bertz CT molecular complexity index is 1130. The van der Waals surface area contributed by atoms with Crippen molar-refractivity contribution in [1.82, 2.24) is 14.9 Å². The lowest BCUT2D eigenvalue weighted by Crippen LogP contribution is -2.44. The van der Waals surface area contributed by atoms with E-state index in [0.29, 0.717) is 28.8 Å². The molecule has 0 aliphatic carbocycles. The Labute approximate surface area is 198 Å². The van der Waals surface area contributed by atoms with Crippen molar-refractivity contribution in [1.29, 1.82) is 0 Å². The summed E-state index contributed by atoms with van der Waals surface area (Å²) in [4.78, 5) is 25.6. The maximum Gasteiger partial charge on any atom is 0.324 e. The first-order valence-corrected chi connectivity index (χ1v) is 11.0. The van der Waals surface area contributed by atoms with E-state index in [2.05, 4.69) is 54.9 Å². The molecular formula is C24H29N7O3. The van der Waals surface area contributed by atoms with Crippen LogP contribution < -0.4 is 30.3 Å². The number of hydrogen-bond donors (Lipinski definition) is 3. The van der Waals surface area contributed by atoms with E-state index >= 15 is 0 Å². The van der Waals surface area contributed by atoms with E-state index in [9.17, 15) is 4.79 Å². The molecule has 2 amide bonds. The molecular weight excluding hydrogens is 434 g/mol. The van der Waals surface area contributed by atoms with Gasteiger partial charge in [0, 0.05) is 55.4 Å². The Hall–Kier alpha value is -4.05. The zero-order valence-corrected chi connectivity index (χ0v) is 19.5. The number of anilines is 5. The van der Waals surface area contributed by atoms with Gasteiger partial charge in [0.15, 0.2) is 11.5 Å². The van der Waals surface area contributed by atoms with E-state index in [1.54, 1.807) is 31.4 Å². The molecule has 34 heavy (non-hydrogen) atoms. The molecule has 1 aliphatic heterocycles. The number of methoxy groups -OCH3 is 2. The molecule has 1 saturated heterocycles. The first-order valence-electron chi connectivity index (χ1n) is 11.0. The van der Waals surface area contributed by atoms with Crippen molar-refractivity contribution in [3.63, 3.8) is 0 Å². The predicted octanol–water partition coefficient (Wildman–Crippen LogP) is 3.63. The lowest BCUT2D eigenvalue weighted by molar-refractivity contribution is 0.262. The number of aromatic nitrogens is 2. The van der Waals surface area contributed by atoms with Crippen LogP contribution in [0.15, 0.2) is 54.9 Å². The molecule has 3 N–H and O–H groups in total. The van der Waals surface area contributed by atoms with Crippen molar-refractivity contribution in [3.05, 3.63) is 54.9 Å². The van der Waals surface area contributed by atoms with E-state index in [0.717, 1.165) is 31.9 Å². The van der Waals surface area contributed by atoms with Crippen LogP contribution in [0.3, 0.4) is 0 Å². The molecule has 0 spiro atoms. The van der Waals surface area contributed by atoms with Crippen LogP contribution in [0, 0.1) is 0 Å². The Kier molecular flexibility index (Phi) is 7.28. The fraction of sp³-hybridized carbons (Fsp3) is 0.292. The quantitative estimate of drug-likeness (QED) is 0.488. The van der Waals surface area contributed by atoms with E-state index in [1.165, 1.54) is 19.1 Å². The summed E-state index contributed by atoms with van der Waals surface area (Å²) in [5, 5.41) is 8.77. The van der Waals surface area contributed by atoms with Crippen LogP contribution in [-0.4, -0.2) is 68.3 Å². The number of amides is 2. The summed E-state index contributed by atoms with van der Waals surface area (Å²) in [5.74, 6) is 2.04. The largest absolute Gasteiger partial charge is 0.493 e. The smallest absolute Gasteiger partial charge is 0.324 e. The second-order valence-corrected chi connectivity index (χ2v) is 7.90. The van der Waals surface area contributed by atoms with Crippen LogP contribution in [0.25, 0.3) is 0 Å². The molecule has 10 nitrogen and oxygen atoms in total. The zero-order valence-electron chi connectivity index (χ0n) is 19.5. The Morgan fingerprint density at radius 3 is 2.38 bits per heavy atom. The van der Waals surface area contributed by atoms with Gasteiger partial charge >= 0.3 is 6.03 Å². The lowest BCUT2D eigenvalue weighted by atomic mass is 10.2. The minimum atomic E-state index is -0.436. The van der Waals surface area contributed by atoms with Gasteiger partial charge in [-0.25, -0.2) is 14.8 Å². The summed E-state index contributed by atoms with van der Waals surface area (Å²) < 4.78 is 10.5. The number of hydrogen-bond acceptors (Lipinski definition) is 8. The van der Waals surface area contributed by atoms with Gasteiger partial charge < -0.3 is 29.9 Å². The second-order valence-electron chi connectivity index (χ2n) is 7.90. The molecule has 0 saturated carbocycles. The van der Waals surface area contributed by atoms with Crippen LogP contribution in [0.5, 0.6) is 11.5 Å². The maximum absolute atomic E-state index is 12.5. The summed E-state index contributed by atoms with van der Waals surface area (Å²) in [5.41, 5.74) is 2.64. The first kappa shape index (κ1) is 23.1. The minimum absolute atomic E-state index is 0.366. The number of carbonyl (C=O) groups is 1. The fourth-order valence-electron chi connectivity index (χ4n) is 3.68. The number of rotatable bonds is 7. The molecule has 1 fully saturated rings. The molecule has 0 unspecified atom stereocenters. The van der Waals surface area contributed by atoms with Crippen LogP contribution in [0.4, 0.5) is 33.5 Å². The number of nitrogens with zero attached hydrogens (tertiary/aromatic N) is 4. The van der Waals surface area contributed by atoms with Crippen molar-refractivity contribution < 1.29 is 14.3 Å². The third kappa shape index (κ3) is 5.84. The van der Waals surface area contributed by atoms with Crippen molar-refractivity contribution in [2.24, 2.45) is 0 Å². The van der Waals surface area contributed by atoms with Crippen LogP contribution in [-0.2, 0) is 0 Å². The summed E-state index contributed by atoms with van der Waals surface area (Å²) in [6.07, 6.45) is 1.40. The Morgan fingerprint density at radius 2 is 1.62 bits per heavy atom. The second kappa shape index (κ2) is 10.7.